The van der Waals surface area contributed by atoms with E-state index < -0.39 is 0 Å². The second-order valence-electron chi connectivity index (χ2n) is 4.37. The molecular weight excluding hydrogens is 326 g/mol. The van der Waals surface area contributed by atoms with E-state index in [1.54, 1.807) is 7.11 Å². The lowest BCUT2D eigenvalue weighted by Crippen LogP contribution is -2.14. The largest absolute Gasteiger partial charge is 0.497 e. The van der Waals surface area contributed by atoms with Gasteiger partial charge in [-0.1, -0.05) is 39.7 Å². The van der Waals surface area contributed by atoms with Crippen molar-refractivity contribution in [2.24, 2.45) is 5.73 Å². The summed E-state index contributed by atoms with van der Waals surface area (Å²) in [4.78, 5) is 0. The number of ether oxygens (including phenoxy) is 1. The molecule has 0 amide bonds. The first-order valence-electron chi connectivity index (χ1n) is 5.88. The number of benzene rings is 2. The van der Waals surface area contributed by atoms with E-state index >= 15 is 0 Å². The third-order valence-corrected chi connectivity index (χ3v) is 4.03. The maximum Gasteiger partial charge on any atom is 0.119 e. The molecule has 0 radical (unpaired) electrons. The molecule has 4 heteroatoms. The smallest absolute Gasteiger partial charge is 0.119 e. The van der Waals surface area contributed by atoms with E-state index in [-0.39, 0.29) is 6.04 Å². The highest BCUT2D eigenvalue weighted by Gasteiger charge is 2.15. The van der Waals surface area contributed by atoms with Gasteiger partial charge in [0.15, 0.2) is 0 Å². The molecule has 0 aromatic heterocycles. The van der Waals surface area contributed by atoms with Crippen LogP contribution < -0.4 is 10.5 Å². The molecule has 2 aromatic carbocycles. The molecule has 19 heavy (non-hydrogen) atoms. The fourth-order valence-electron chi connectivity index (χ4n) is 2.05. The first kappa shape index (κ1) is 14.4. The Bertz CT molecular complexity index is 601. The van der Waals surface area contributed by atoms with Gasteiger partial charge in [-0.25, -0.2) is 0 Å². The molecule has 0 heterocycles. The molecule has 1 unspecified atom stereocenters. The Morgan fingerprint density at radius 1 is 1.16 bits per heavy atom. The van der Waals surface area contributed by atoms with E-state index in [0.717, 1.165) is 26.9 Å². The minimum atomic E-state index is -0.197. The molecule has 0 aliphatic rings. The molecule has 0 saturated carbocycles. The fourth-order valence-corrected chi connectivity index (χ4v) is 2.97. The van der Waals surface area contributed by atoms with Crippen molar-refractivity contribution in [3.8, 4) is 5.75 Å². The highest BCUT2D eigenvalue weighted by molar-refractivity contribution is 9.10. The van der Waals surface area contributed by atoms with Gasteiger partial charge < -0.3 is 10.5 Å². The van der Waals surface area contributed by atoms with Crippen LogP contribution in [0.4, 0.5) is 0 Å². The number of nitrogens with two attached hydrogens (primary N) is 1. The molecule has 0 saturated heterocycles. The Balaban J connectivity index is 2.41. The summed E-state index contributed by atoms with van der Waals surface area (Å²) in [5, 5.41) is 0.689. The number of methoxy groups -OCH3 is 1. The SMILES string of the molecule is COc1ccc(C(N)c2ccc(Cl)cc2Br)c(C)c1. The summed E-state index contributed by atoms with van der Waals surface area (Å²) in [6, 6.07) is 11.4. The maximum absolute atomic E-state index is 6.35. The molecule has 2 aromatic rings. The molecule has 2 rings (SSSR count). The van der Waals surface area contributed by atoms with E-state index in [4.69, 9.17) is 22.1 Å². The maximum atomic E-state index is 6.35. The zero-order chi connectivity index (χ0) is 14.0. The molecule has 0 aliphatic carbocycles. The van der Waals surface area contributed by atoms with Crippen molar-refractivity contribution in [1.29, 1.82) is 0 Å². The van der Waals surface area contributed by atoms with Gasteiger partial charge in [-0.3, -0.25) is 0 Å². The summed E-state index contributed by atoms with van der Waals surface area (Å²) in [5.74, 6) is 0.837. The quantitative estimate of drug-likeness (QED) is 0.895. The van der Waals surface area contributed by atoms with Crippen molar-refractivity contribution < 1.29 is 4.74 Å². The van der Waals surface area contributed by atoms with Gasteiger partial charge in [0.25, 0.3) is 0 Å². The molecular formula is C15H15BrClNO. The van der Waals surface area contributed by atoms with Crippen molar-refractivity contribution in [1.82, 2.24) is 0 Å². The second-order valence-corrected chi connectivity index (χ2v) is 5.66. The van der Waals surface area contributed by atoms with Crippen LogP contribution in [0.25, 0.3) is 0 Å². The number of hydrogen-bond donors (Lipinski definition) is 1. The summed E-state index contributed by atoms with van der Waals surface area (Å²) in [7, 11) is 1.66. The summed E-state index contributed by atoms with van der Waals surface area (Å²) in [6.07, 6.45) is 0. The first-order chi connectivity index (χ1) is 9.02. The number of rotatable bonds is 3. The van der Waals surface area contributed by atoms with Gasteiger partial charge in [-0.2, -0.15) is 0 Å². The van der Waals surface area contributed by atoms with E-state index in [2.05, 4.69) is 15.9 Å². The van der Waals surface area contributed by atoms with E-state index in [0.29, 0.717) is 5.02 Å². The standard InChI is InChI=1S/C15H15BrClNO/c1-9-7-11(19-2)4-6-12(9)15(18)13-5-3-10(17)8-14(13)16/h3-8,15H,18H2,1-2H3. The Morgan fingerprint density at radius 2 is 1.84 bits per heavy atom. The fraction of sp³-hybridized carbons (Fsp3) is 0.200. The Morgan fingerprint density at radius 3 is 2.42 bits per heavy atom. The summed E-state index contributed by atoms with van der Waals surface area (Å²) in [5.41, 5.74) is 9.54. The van der Waals surface area contributed by atoms with Crippen LogP contribution in [-0.4, -0.2) is 7.11 Å². The lowest BCUT2D eigenvalue weighted by molar-refractivity contribution is 0.414. The molecule has 0 aliphatic heterocycles. The summed E-state index contributed by atoms with van der Waals surface area (Å²) >= 11 is 9.46. The van der Waals surface area contributed by atoms with Crippen molar-refractivity contribution >= 4 is 27.5 Å². The van der Waals surface area contributed by atoms with Gasteiger partial charge in [0.2, 0.25) is 0 Å². The lowest BCUT2D eigenvalue weighted by Gasteiger charge is -2.17. The molecule has 2 N–H and O–H groups in total. The van der Waals surface area contributed by atoms with Crippen LogP contribution in [0.3, 0.4) is 0 Å². The highest BCUT2D eigenvalue weighted by atomic mass is 79.9. The van der Waals surface area contributed by atoms with Crippen molar-refractivity contribution in [2.75, 3.05) is 7.11 Å². The van der Waals surface area contributed by atoms with Gasteiger partial charge in [-0.05, 0) is 47.9 Å². The van der Waals surface area contributed by atoms with Crippen molar-refractivity contribution in [3.05, 3.63) is 62.6 Å². The third-order valence-electron chi connectivity index (χ3n) is 3.11. The first-order valence-corrected chi connectivity index (χ1v) is 7.05. The topological polar surface area (TPSA) is 35.2 Å². The van der Waals surface area contributed by atoms with E-state index in [9.17, 15) is 0 Å². The van der Waals surface area contributed by atoms with E-state index in [1.165, 1.54) is 0 Å². The second kappa shape index (κ2) is 5.95. The zero-order valence-electron chi connectivity index (χ0n) is 10.8. The van der Waals surface area contributed by atoms with E-state index in [1.807, 2.05) is 43.3 Å². The molecule has 2 nitrogen and oxygen atoms in total. The number of aryl methyl sites for hydroxylation is 1. The van der Waals surface area contributed by atoms with Crippen LogP contribution in [0.2, 0.25) is 5.02 Å². The summed E-state index contributed by atoms with van der Waals surface area (Å²) in [6.45, 7) is 2.03. The third kappa shape index (κ3) is 3.11. The lowest BCUT2D eigenvalue weighted by atomic mass is 9.95. The predicted molar refractivity (Wildman–Crippen MR) is 82.9 cm³/mol. The average molecular weight is 341 g/mol. The average Bonchev–Trinajstić information content (AvgIpc) is 2.37. The van der Waals surface area contributed by atoms with Gasteiger partial charge in [-0.15, -0.1) is 0 Å². The zero-order valence-corrected chi connectivity index (χ0v) is 13.1. The molecule has 1 atom stereocenters. The van der Waals surface area contributed by atoms with Crippen LogP contribution >= 0.6 is 27.5 Å². The minimum absolute atomic E-state index is 0.197. The Hall–Kier alpha value is -1.03. The molecule has 0 bridgehead atoms. The number of halogens is 2. The molecule has 0 spiro atoms. The van der Waals surface area contributed by atoms with Crippen LogP contribution in [0.1, 0.15) is 22.7 Å². The Kier molecular flexibility index (Phi) is 4.50. The Labute approximate surface area is 126 Å². The van der Waals surface area contributed by atoms with Crippen LogP contribution in [0.5, 0.6) is 5.75 Å². The minimum Gasteiger partial charge on any atom is -0.497 e. The normalized spacial score (nSPS) is 12.3. The van der Waals surface area contributed by atoms with Crippen molar-refractivity contribution in [2.45, 2.75) is 13.0 Å². The van der Waals surface area contributed by atoms with Gasteiger partial charge >= 0.3 is 0 Å². The number of hydrogen-bond acceptors (Lipinski definition) is 2. The van der Waals surface area contributed by atoms with Crippen molar-refractivity contribution in [3.63, 3.8) is 0 Å². The summed E-state index contributed by atoms with van der Waals surface area (Å²) < 4.78 is 6.13. The van der Waals surface area contributed by atoms with Gasteiger partial charge in [0, 0.05) is 9.50 Å². The van der Waals surface area contributed by atoms with Crippen LogP contribution in [0, 0.1) is 6.92 Å². The highest BCUT2D eigenvalue weighted by Crippen LogP contribution is 2.31. The molecule has 0 fully saturated rings. The molecule has 100 valence electrons. The predicted octanol–water partition coefficient (Wildman–Crippen LogP) is 4.47. The van der Waals surface area contributed by atoms with Crippen LogP contribution in [-0.2, 0) is 0 Å². The monoisotopic (exact) mass is 339 g/mol. The van der Waals surface area contributed by atoms with Gasteiger partial charge in [0.05, 0.1) is 13.2 Å². The van der Waals surface area contributed by atoms with Gasteiger partial charge in [0.1, 0.15) is 5.75 Å². The van der Waals surface area contributed by atoms with Crippen LogP contribution in [0.15, 0.2) is 40.9 Å².